The lowest BCUT2D eigenvalue weighted by molar-refractivity contribution is 0.106. The van der Waals surface area contributed by atoms with Crippen LogP contribution in [0.5, 0.6) is 11.5 Å². The fourth-order valence-corrected chi connectivity index (χ4v) is 2.59. The molecule has 0 spiro atoms. The summed E-state index contributed by atoms with van der Waals surface area (Å²) in [6.07, 6.45) is 1.64. The van der Waals surface area contributed by atoms with Crippen LogP contribution in [-0.2, 0) is 4.74 Å². The smallest absolute Gasteiger partial charge is 0.189 e. The van der Waals surface area contributed by atoms with Gasteiger partial charge in [-0.1, -0.05) is 5.21 Å². The molecule has 2 aromatic rings. The molecule has 114 valence electrons. The third kappa shape index (κ3) is 2.38. The van der Waals surface area contributed by atoms with E-state index in [1.165, 1.54) is 0 Å². The van der Waals surface area contributed by atoms with Crippen LogP contribution >= 0.6 is 0 Å². The molecule has 1 saturated heterocycles. The van der Waals surface area contributed by atoms with Crippen LogP contribution in [-0.4, -0.2) is 35.8 Å². The molecular weight excluding hydrogens is 284 g/mol. The van der Waals surface area contributed by atoms with Crippen molar-refractivity contribution < 1.29 is 14.2 Å². The van der Waals surface area contributed by atoms with Gasteiger partial charge in [0.15, 0.2) is 5.69 Å². The van der Waals surface area contributed by atoms with Crippen molar-refractivity contribution in [3.05, 3.63) is 29.6 Å². The van der Waals surface area contributed by atoms with Gasteiger partial charge in [0, 0.05) is 12.7 Å². The molecule has 0 saturated carbocycles. The van der Waals surface area contributed by atoms with Crippen LogP contribution in [0.25, 0.3) is 5.69 Å². The zero-order valence-corrected chi connectivity index (χ0v) is 12.4. The van der Waals surface area contributed by atoms with E-state index in [1.54, 1.807) is 25.0 Å². The second-order valence-corrected chi connectivity index (χ2v) is 4.89. The molecule has 0 bridgehead atoms. The standard InChI is InChI=1S/C15H16N4O3/c1-20-10-5-6-12(14(8-10)21-2)19-15(11(9-16)17-18-19)13-4-3-7-22-13/h5-6,8,13H,3-4,7H2,1-2H3. The molecule has 1 atom stereocenters. The fourth-order valence-electron chi connectivity index (χ4n) is 2.59. The lowest BCUT2D eigenvalue weighted by atomic mass is 10.1. The quantitative estimate of drug-likeness (QED) is 0.859. The number of rotatable bonds is 4. The minimum atomic E-state index is -0.170. The molecule has 0 amide bonds. The van der Waals surface area contributed by atoms with Gasteiger partial charge in [0.25, 0.3) is 0 Å². The van der Waals surface area contributed by atoms with Gasteiger partial charge in [-0.15, -0.1) is 5.10 Å². The Morgan fingerprint density at radius 2 is 2.23 bits per heavy atom. The maximum atomic E-state index is 9.28. The first kappa shape index (κ1) is 14.4. The van der Waals surface area contributed by atoms with E-state index in [0.29, 0.717) is 29.5 Å². The summed E-state index contributed by atoms with van der Waals surface area (Å²) in [7, 11) is 3.17. The van der Waals surface area contributed by atoms with Crippen LogP contribution < -0.4 is 9.47 Å². The summed E-state index contributed by atoms with van der Waals surface area (Å²) in [5.41, 5.74) is 1.65. The summed E-state index contributed by atoms with van der Waals surface area (Å²) >= 11 is 0. The predicted octanol–water partition coefficient (Wildman–Crippen LogP) is 2.01. The molecule has 1 aliphatic heterocycles. The number of hydrogen-bond donors (Lipinski definition) is 0. The molecule has 1 aromatic heterocycles. The SMILES string of the molecule is COc1ccc(-n2nnc(C#N)c2C2CCCO2)c(OC)c1. The van der Waals surface area contributed by atoms with Gasteiger partial charge in [-0.2, -0.15) is 5.26 Å². The van der Waals surface area contributed by atoms with E-state index in [1.807, 2.05) is 12.1 Å². The van der Waals surface area contributed by atoms with E-state index >= 15 is 0 Å². The number of methoxy groups -OCH3 is 2. The Bertz CT molecular complexity index is 714. The number of nitrogens with zero attached hydrogens (tertiary/aromatic N) is 4. The molecule has 0 aliphatic carbocycles. The monoisotopic (exact) mass is 300 g/mol. The van der Waals surface area contributed by atoms with Crippen molar-refractivity contribution in [2.45, 2.75) is 18.9 Å². The van der Waals surface area contributed by atoms with Gasteiger partial charge in [-0.05, 0) is 25.0 Å². The summed E-state index contributed by atoms with van der Waals surface area (Å²) in [5.74, 6) is 1.27. The van der Waals surface area contributed by atoms with E-state index in [0.717, 1.165) is 12.8 Å². The molecule has 1 fully saturated rings. The molecule has 22 heavy (non-hydrogen) atoms. The molecule has 7 heteroatoms. The van der Waals surface area contributed by atoms with Crippen molar-refractivity contribution in [1.29, 1.82) is 5.26 Å². The topological polar surface area (TPSA) is 82.2 Å². The normalized spacial score (nSPS) is 17.2. The van der Waals surface area contributed by atoms with Crippen molar-refractivity contribution in [3.63, 3.8) is 0 Å². The Hall–Kier alpha value is -2.59. The van der Waals surface area contributed by atoms with Crippen LogP contribution in [0.3, 0.4) is 0 Å². The molecule has 1 aromatic carbocycles. The summed E-state index contributed by atoms with van der Waals surface area (Å²) in [6.45, 7) is 0.681. The van der Waals surface area contributed by atoms with E-state index in [2.05, 4.69) is 16.4 Å². The molecule has 0 radical (unpaired) electrons. The largest absolute Gasteiger partial charge is 0.497 e. The summed E-state index contributed by atoms with van der Waals surface area (Å²) in [5, 5.41) is 17.3. The van der Waals surface area contributed by atoms with E-state index in [9.17, 15) is 5.26 Å². The van der Waals surface area contributed by atoms with E-state index in [4.69, 9.17) is 14.2 Å². The highest BCUT2D eigenvalue weighted by atomic mass is 16.5. The molecule has 2 heterocycles. The number of ether oxygens (including phenoxy) is 3. The van der Waals surface area contributed by atoms with Gasteiger partial charge in [-0.25, -0.2) is 4.68 Å². The molecule has 7 nitrogen and oxygen atoms in total. The zero-order chi connectivity index (χ0) is 15.5. The van der Waals surface area contributed by atoms with Gasteiger partial charge >= 0.3 is 0 Å². The molecule has 3 rings (SSSR count). The Morgan fingerprint density at radius 3 is 2.86 bits per heavy atom. The molecule has 0 N–H and O–H groups in total. The van der Waals surface area contributed by atoms with Crippen molar-refractivity contribution in [2.24, 2.45) is 0 Å². The highest BCUT2D eigenvalue weighted by Gasteiger charge is 2.28. The molecule has 1 unspecified atom stereocenters. The average Bonchev–Trinajstić information content (AvgIpc) is 3.22. The third-order valence-corrected chi connectivity index (χ3v) is 3.66. The Balaban J connectivity index is 2.12. The van der Waals surface area contributed by atoms with Gasteiger partial charge in [-0.3, -0.25) is 0 Å². The number of nitriles is 1. The minimum absolute atomic E-state index is 0.170. The number of aromatic nitrogens is 3. The Kier molecular flexibility index (Phi) is 3.94. The van der Waals surface area contributed by atoms with Crippen LogP contribution in [0.4, 0.5) is 0 Å². The predicted molar refractivity (Wildman–Crippen MR) is 77.1 cm³/mol. The third-order valence-electron chi connectivity index (χ3n) is 3.66. The van der Waals surface area contributed by atoms with Crippen molar-refractivity contribution in [2.75, 3.05) is 20.8 Å². The zero-order valence-electron chi connectivity index (χ0n) is 12.4. The van der Waals surface area contributed by atoms with Gasteiger partial charge in [0.1, 0.15) is 35.1 Å². The van der Waals surface area contributed by atoms with Crippen molar-refractivity contribution >= 4 is 0 Å². The maximum Gasteiger partial charge on any atom is 0.189 e. The summed E-state index contributed by atoms with van der Waals surface area (Å²) in [4.78, 5) is 0. The van der Waals surface area contributed by atoms with Crippen LogP contribution in [0.15, 0.2) is 18.2 Å². The fraction of sp³-hybridized carbons (Fsp3) is 0.400. The van der Waals surface area contributed by atoms with E-state index < -0.39 is 0 Å². The molecular formula is C15H16N4O3. The average molecular weight is 300 g/mol. The first-order chi connectivity index (χ1) is 10.8. The molecule has 1 aliphatic rings. The van der Waals surface area contributed by atoms with Crippen LogP contribution in [0, 0.1) is 11.3 Å². The summed E-state index contributed by atoms with van der Waals surface area (Å²) < 4.78 is 17.9. The first-order valence-corrected chi connectivity index (χ1v) is 6.98. The lowest BCUT2D eigenvalue weighted by Gasteiger charge is -2.15. The highest BCUT2D eigenvalue weighted by molar-refractivity contribution is 5.52. The van der Waals surface area contributed by atoms with Crippen molar-refractivity contribution in [3.8, 4) is 23.3 Å². The van der Waals surface area contributed by atoms with Crippen LogP contribution in [0.1, 0.15) is 30.3 Å². The second-order valence-electron chi connectivity index (χ2n) is 4.89. The highest BCUT2D eigenvalue weighted by Crippen LogP contribution is 2.34. The maximum absolute atomic E-state index is 9.28. The minimum Gasteiger partial charge on any atom is -0.497 e. The second kappa shape index (κ2) is 6.03. The summed E-state index contributed by atoms with van der Waals surface area (Å²) in [6, 6.07) is 7.48. The Labute approximate surface area is 128 Å². The lowest BCUT2D eigenvalue weighted by Crippen LogP contribution is -2.09. The first-order valence-electron chi connectivity index (χ1n) is 6.98. The number of benzene rings is 1. The Morgan fingerprint density at radius 1 is 1.36 bits per heavy atom. The van der Waals surface area contributed by atoms with Crippen LogP contribution in [0.2, 0.25) is 0 Å². The number of hydrogen-bond acceptors (Lipinski definition) is 6. The van der Waals surface area contributed by atoms with Gasteiger partial charge < -0.3 is 14.2 Å². The van der Waals surface area contributed by atoms with Gasteiger partial charge in [0.05, 0.1) is 14.2 Å². The van der Waals surface area contributed by atoms with Gasteiger partial charge in [0.2, 0.25) is 0 Å². The van der Waals surface area contributed by atoms with E-state index in [-0.39, 0.29) is 11.8 Å². The van der Waals surface area contributed by atoms with Crippen molar-refractivity contribution in [1.82, 2.24) is 15.0 Å².